The lowest BCUT2D eigenvalue weighted by molar-refractivity contribution is 0.173. The van der Waals surface area contributed by atoms with Crippen LogP contribution in [0.4, 0.5) is 4.79 Å². The van der Waals surface area contributed by atoms with Gasteiger partial charge < -0.3 is 20.3 Å². The summed E-state index contributed by atoms with van der Waals surface area (Å²) in [6.07, 6.45) is -0.221. The Kier molecular flexibility index (Phi) is 5.91. The van der Waals surface area contributed by atoms with Crippen molar-refractivity contribution < 1.29 is 14.4 Å². The van der Waals surface area contributed by atoms with Gasteiger partial charge in [-0.1, -0.05) is 19.0 Å². The van der Waals surface area contributed by atoms with Gasteiger partial charge in [-0.3, -0.25) is 0 Å². The van der Waals surface area contributed by atoms with Crippen LogP contribution in [-0.4, -0.2) is 34.4 Å². The predicted molar refractivity (Wildman–Crippen MR) is 82.8 cm³/mol. The van der Waals surface area contributed by atoms with Gasteiger partial charge >= 0.3 is 6.03 Å². The fraction of sp³-hybridized carbons (Fsp3) is 0.500. The summed E-state index contributed by atoms with van der Waals surface area (Å²) in [5, 5.41) is 22.7. The second kappa shape index (κ2) is 7.90. The number of thiophene rings is 1. The molecule has 2 amide bonds. The first-order valence-corrected chi connectivity index (χ1v) is 8.05. The maximum atomic E-state index is 11.6. The van der Waals surface area contributed by atoms with E-state index in [1.807, 2.05) is 30.7 Å². The molecule has 120 valence electrons. The first-order valence-electron chi connectivity index (χ1n) is 7.10. The second-order valence-electron chi connectivity index (χ2n) is 5.16. The third-order valence-electron chi connectivity index (χ3n) is 3.01. The van der Waals surface area contributed by atoms with Crippen LogP contribution in [-0.2, 0) is 6.42 Å². The molecule has 0 aliphatic heterocycles. The Balaban J connectivity index is 1.65. The minimum absolute atomic E-state index is 0.167. The Bertz CT molecular complexity index is 583. The lowest BCUT2D eigenvalue weighted by Crippen LogP contribution is -2.38. The summed E-state index contributed by atoms with van der Waals surface area (Å²) in [7, 11) is 0. The van der Waals surface area contributed by atoms with Crippen LogP contribution < -0.4 is 10.6 Å². The number of amides is 2. The van der Waals surface area contributed by atoms with Crippen LogP contribution in [0.3, 0.4) is 0 Å². The molecule has 0 aliphatic carbocycles. The lowest BCUT2D eigenvalue weighted by atomic mass is 10.2. The number of nitrogens with zero attached hydrogens (tertiary/aromatic N) is 2. The van der Waals surface area contributed by atoms with E-state index in [0.717, 1.165) is 5.56 Å². The van der Waals surface area contributed by atoms with Gasteiger partial charge in [0.1, 0.15) is 0 Å². The molecule has 0 aliphatic rings. The molecule has 1 unspecified atom stereocenters. The average Bonchev–Trinajstić information content (AvgIpc) is 3.16. The van der Waals surface area contributed by atoms with E-state index in [1.54, 1.807) is 0 Å². The van der Waals surface area contributed by atoms with Crippen LogP contribution in [0.5, 0.6) is 0 Å². The largest absolute Gasteiger partial charge is 0.387 e. The summed E-state index contributed by atoms with van der Waals surface area (Å²) in [6, 6.07) is 1.49. The predicted octanol–water partition coefficient (Wildman–Crippen LogP) is 1.83. The molecule has 2 rings (SSSR count). The summed E-state index contributed by atoms with van der Waals surface area (Å²) < 4.78 is 5.08. The molecule has 3 N–H and O–H groups in total. The second-order valence-corrected chi connectivity index (χ2v) is 5.94. The van der Waals surface area contributed by atoms with Crippen LogP contribution in [0.15, 0.2) is 21.3 Å². The molecule has 0 spiro atoms. The van der Waals surface area contributed by atoms with E-state index in [2.05, 4.69) is 20.8 Å². The van der Waals surface area contributed by atoms with E-state index in [9.17, 15) is 9.90 Å². The lowest BCUT2D eigenvalue weighted by Gasteiger charge is -2.11. The summed E-state index contributed by atoms with van der Waals surface area (Å²) >= 11 is 1.51. The Labute approximate surface area is 132 Å². The van der Waals surface area contributed by atoms with Gasteiger partial charge in [0, 0.05) is 25.4 Å². The first kappa shape index (κ1) is 16.4. The highest BCUT2D eigenvalue weighted by Crippen LogP contribution is 2.14. The van der Waals surface area contributed by atoms with Crippen molar-refractivity contribution in [3.8, 4) is 0 Å². The molecule has 0 fully saturated rings. The topological polar surface area (TPSA) is 100 Å². The van der Waals surface area contributed by atoms with Crippen molar-refractivity contribution in [2.75, 3.05) is 13.1 Å². The molecule has 2 aromatic heterocycles. The minimum Gasteiger partial charge on any atom is -0.387 e. The third kappa shape index (κ3) is 4.81. The highest BCUT2D eigenvalue weighted by Gasteiger charge is 2.11. The fourth-order valence-corrected chi connectivity index (χ4v) is 2.43. The number of aromatic nitrogens is 2. The number of carbonyl (C=O) groups is 1. The Morgan fingerprint density at radius 3 is 2.91 bits per heavy atom. The summed E-state index contributed by atoms with van der Waals surface area (Å²) in [4.78, 5) is 15.8. The molecule has 8 heteroatoms. The monoisotopic (exact) mass is 324 g/mol. The van der Waals surface area contributed by atoms with E-state index in [0.29, 0.717) is 24.7 Å². The van der Waals surface area contributed by atoms with Crippen LogP contribution in [0, 0.1) is 0 Å². The van der Waals surface area contributed by atoms with Gasteiger partial charge in [0.25, 0.3) is 0 Å². The molecule has 0 saturated heterocycles. The van der Waals surface area contributed by atoms with Crippen molar-refractivity contribution in [3.63, 3.8) is 0 Å². The smallest absolute Gasteiger partial charge is 0.314 e. The number of urea groups is 1. The van der Waals surface area contributed by atoms with Crippen molar-refractivity contribution >= 4 is 17.4 Å². The Morgan fingerprint density at radius 1 is 1.45 bits per heavy atom. The molecule has 1 atom stereocenters. The summed E-state index contributed by atoms with van der Waals surface area (Å²) in [5.41, 5.74) is 0.803. The van der Waals surface area contributed by atoms with E-state index in [4.69, 9.17) is 4.52 Å². The van der Waals surface area contributed by atoms with Crippen LogP contribution in [0.25, 0.3) is 0 Å². The van der Waals surface area contributed by atoms with Gasteiger partial charge in [-0.2, -0.15) is 16.3 Å². The van der Waals surface area contributed by atoms with Crippen LogP contribution >= 0.6 is 11.3 Å². The molecular weight excluding hydrogens is 304 g/mol. The van der Waals surface area contributed by atoms with Gasteiger partial charge in [0.05, 0.1) is 6.10 Å². The van der Waals surface area contributed by atoms with Crippen molar-refractivity contribution in [1.29, 1.82) is 0 Å². The van der Waals surface area contributed by atoms with Crippen LogP contribution in [0.2, 0.25) is 0 Å². The zero-order chi connectivity index (χ0) is 15.9. The number of hydrogen-bond donors (Lipinski definition) is 3. The molecular formula is C14H20N4O3S. The van der Waals surface area contributed by atoms with E-state index in [-0.39, 0.29) is 18.5 Å². The molecule has 2 heterocycles. The molecule has 0 saturated carbocycles. The zero-order valence-electron chi connectivity index (χ0n) is 12.6. The normalized spacial score (nSPS) is 12.4. The number of aliphatic hydroxyl groups is 1. The molecule has 0 aromatic carbocycles. The van der Waals surface area contributed by atoms with Gasteiger partial charge in [-0.25, -0.2) is 4.79 Å². The number of carbonyl (C=O) groups excluding carboxylic acids is 1. The maximum absolute atomic E-state index is 11.6. The standard InChI is InChI=1S/C14H20N4O3S/c1-9(2)13-17-12(21-18-13)3-5-15-14(20)16-7-11(19)10-4-6-22-8-10/h4,6,8-9,11,19H,3,5,7H2,1-2H3,(H2,15,16,20). The summed E-state index contributed by atoms with van der Waals surface area (Å²) in [6.45, 7) is 4.53. The quantitative estimate of drug-likeness (QED) is 0.721. The van der Waals surface area contributed by atoms with E-state index < -0.39 is 6.10 Å². The van der Waals surface area contributed by atoms with Gasteiger partial charge in [-0.05, 0) is 22.4 Å². The Morgan fingerprint density at radius 2 is 2.27 bits per heavy atom. The average molecular weight is 324 g/mol. The molecule has 0 bridgehead atoms. The highest BCUT2D eigenvalue weighted by atomic mass is 32.1. The van der Waals surface area contributed by atoms with Gasteiger partial charge in [0.15, 0.2) is 5.82 Å². The molecule has 0 radical (unpaired) electrons. The van der Waals surface area contributed by atoms with Crippen molar-refractivity contribution in [3.05, 3.63) is 34.1 Å². The third-order valence-corrected chi connectivity index (χ3v) is 3.71. The first-order chi connectivity index (χ1) is 10.6. The van der Waals surface area contributed by atoms with Crippen molar-refractivity contribution in [2.24, 2.45) is 0 Å². The number of nitrogens with one attached hydrogen (secondary N) is 2. The molecule has 7 nitrogen and oxygen atoms in total. The highest BCUT2D eigenvalue weighted by molar-refractivity contribution is 7.07. The number of rotatable bonds is 7. The van der Waals surface area contributed by atoms with Crippen LogP contribution in [0.1, 0.15) is 43.1 Å². The SMILES string of the molecule is CC(C)c1noc(CCNC(=O)NCC(O)c2ccsc2)n1. The number of hydrogen-bond acceptors (Lipinski definition) is 6. The van der Waals surface area contributed by atoms with Crippen molar-refractivity contribution in [1.82, 2.24) is 20.8 Å². The van der Waals surface area contributed by atoms with Gasteiger partial charge in [0.2, 0.25) is 5.89 Å². The van der Waals surface area contributed by atoms with E-state index >= 15 is 0 Å². The summed E-state index contributed by atoms with van der Waals surface area (Å²) in [5.74, 6) is 1.38. The maximum Gasteiger partial charge on any atom is 0.314 e. The number of aliphatic hydroxyl groups excluding tert-OH is 1. The fourth-order valence-electron chi connectivity index (χ4n) is 1.72. The molecule has 22 heavy (non-hydrogen) atoms. The van der Waals surface area contributed by atoms with Crippen molar-refractivity contribution in [2.45, 2.75) is 32.3 Å². The Hall–Kier alpha value is -1.93. The minimum atomic E-state index is -0.693. The van der Waals surface area contributed by atoms with Gasteiger partial charge in [-0.15, -0.1) is 0 Å². The van der Waals surface area contributed by atoms with E-state index in [1.165, 1.54) is 11.3 Å². The molecule has 2 aromatic rings. The zero-order valence-corrected chi connectivity index (χ0v) is 13.4.